The molecular formula is C13H13N2O2-. The van der Waals surface area contributed by atoms with E-state index in [0.29, 0.717) is 24.2 Å². The number of hydrogen-bond acceptors (Lipinski definition) is 3. The lowest BCUT2D eigenvalue weighted by Gasteiger charge is -2.11. The van der Waals surface area contributed by atoms with Gasteiger partial charge in [0, 0.05) is 12.8 Å². The van der Waals surface area contributed by atoms with Gasteiger partial charge < -0.3 is 14.7 Å². The van der Waals surface area contributed by atoms with Crippen molar-refractivity contribution >= 4 is 17.3 Å². The lowest BCUT2D eigenvalue weighted by atomic mass is 10.1. The summed E-state index contributed by atoms with van der Waals surface area (Å²) < 4.78 is 0.872. The van der Waals surface area contributed by atoms with Crippen molar-refractivity contribution in [3.05, 3.63) is 34.3 Å². The van der Waals surface area contributed by atoms with Gasteiger partial charge in [0.25, 0.3) is 0 Å². The van der Waals surface area contributed by atoms with E-state index in [4.69, 9.17) is 0 Å². The Bertz CT molecular complexity index is 587. The van der Waals surface area contributed by atoms with Gasteiger partial charge in [-0.2, -0.15) is 0 Å². The summed E-state index contributed by atoms with van der Waals surface area (Å²) in [6.07, 6.45) is 4.90. The zero-order valence-electron chi connectivity index (χ0n) is 9.48. The topological polar surface area (TPSA) is 58.0 Å². The fraction of sp³-hybridized carbons (Fsp3) is 0.385. The molecule has 1 aliphatic carbocycles. The number of benzene rings is 1. The van der Waals surface area contributed by atoms with Crippen molar-refractivity contribution in [2.24, 2.45) is 0 Å². The summed E-state index contributed by atoms with van der Waals surface area (Å²) in [5.41, 5.74) is 4.00. The minimum Gasteiger partial charge on any atom is -0.804 e. The van der Waals surface area contributed by atoms with E-state index in [9.17, 15) is 10.0 Å². The Morgan fingerprint density at radius 2 is 2.12 bits per heavy atom. The Labute approximate surface area is 98.8 Å². The molecule has 0 unspecified atom stereocenters. The van der Waals surface area contributed by atoms with Crippen LogP contribution in [0.25, 0.3) is 11.0 Å². The molecule has 0 spiro atoms. The van der Waals surface area contributed by atoms with Gasteiger partial charge in [-0.3, -0.25) is 0 Å². The maximum Gasteiger partial charge on any atom is 0.120 e. The summed E-state index contributed by atoms with van der Waals surface area (Å²) >= 11 is 0. The van der Waals surface area contributed by atoms with E-state index < -0.39 is 0 Å². The Morgan fingerprint density at radius 1 is 1.35 bits per heavy atom. The summed E-state index contributed by atoms with van der Waals surface area (Å²) in [6, 6.07) is 3.98. The zero-order valence-corrected chi connectivity index (χ0v) is 9.48. The predicted octanol–water partition coefficient (Wildman–Crippen LogP) is 2.00. The lowest BCUT2D eigenvalue weighted by Crippen LogP contribution is -1.96. The highest BCUT2D eigenvalue weighted by Gasteiger charge is 2.14. The van der Waals surface area contributed by atoms with Crippen molar-refractivity contribution in [2.75, 3.05) is 0 Å². The van der Waals surface area contributed by atoms with Crippen LogP contribution < -0.4 is 0 Å². The molecule has 1 heterocycles. The summed E-state index contributed by atoms with van der Waals surface area (Å²) in [5, 5.41) is 12.0. The fourth-order valence-electron chi connectivity index (χ4n) is 2.52. The molecule has 88 valence electrons. The van der Waals surface area contributed by atoms with E-state index in [-0.39, 0.29) is 0 Å². The summed E-state index contributed by atoms with van der Waals surface area (Å²) in [4.78, 5) is 14.6. The molecule has 0 saturated heterocycles. The molecule has 0 atom stereocenters. The molecule has 0 aliphatic heterocycles. The van der Waals surface area contributed by atoms with E-state index >= 15 is 0 Å². The van der Waals surface area contributed by atoms with E-state index in [1.165, 1.54) is 17.5 Å². The van der Waals surface area contributed by atoms with Crippen molar-refractivity contribution in [2.45, 2.75) is 32.1 Å². The second-order valence-corrected chi connectivity index (χ2v) is 4.49. The van der Waals surface area contributed by atoms with Gasteiger partial charge in [0.2, 0.25) is 0 Å². The van der Waals surface area contributed by atoms with Crippen LogP contribution in [0.4, 0.5) is 0 Å². The monoisotopic (exact) mass is 229 g/mol. The van der Waals surface area contributed by atoms with Gasteiger partial charge in [0.05, 0.1) is 11.0 Å². The molecule has 0 bridgehead atoms. The first kappa shape index (κ1) is 10.3. The first-order valence-electron chi connectivity index (χ1n) is 5.94. The largest absolute Gasteiger partial charge is 0.804 e. The van der Waals surface area contributed by atoms with Crippen LogP contribution in [0.1, 0.15) is 29.8 Å². The van der Waals surface area contributed by atoms with Crippen molar-refractivity contribution in [1.29, 1.82) is 0 Å². The number of imidazole rings is 1. The van der Waals surface area contributed by atoms with Crippen LogP contribution >= 0.6 is 0 Å². The maximum absolute atomic E-state index is 12.0. The third-order valence-corrected chi connectivity index (χ3v) is 3.38. The second-order valence-electron chi connectivity index (χ2n) is 4.49. The van der Waals surface area contributed by atoms with Gasteiger partial charge >= 0.3 is 0 Å². The second kappa shape index (κ2) is 3.87. The fourth-order valence-corrected chi connectivity index (χ4v) is 2.52. The number of nitrogens with zero attached hydrogens (tertiary/aromatic N) is 2. The molecule has 2 aromatic rings. The standard InChI is InChI=1S/C13H13N2O2/c16-6-2-5-13-14-11-7-9-3-1-4-10(9)8-12(11)15(13)17/h6-8H,1-5H2/q-1. The number of aryl methyl sites for hydroxylation is 3. The molecule has 0 N–H and O–H groups in total. The molecule has 3 rings (SSSR count). The van der Waals surface area contributed by atoms with E-state index in [2.05, 4.69) is 4.98 Å². The highest BCUT2D eigenvalue weighted by Crippen LogP contribution is 2.27. The average molecular weight is 229 g/mol. The number of carbonyl (C=O) groups excluding carboxylic acids is 1. The molecule has 1 aromatic heterocycles. The zero-order chi connectivity index (χ0) is 11.8. The van der Waals surface area contributed by atoms with Gasteiger partial charge in [-0.15, -0.1) is 0 Å². The quantitative estimate of drug-likeness (QED) is 0.756. The Hall–Kier alpha value is -1.84. The van der Waals surface area contributed by atoms with E-state index in [1.54, 1.807) is 0 Å². The van der Waals surface area contributed by atoms with Crippen LogP contribution in [0.2, 0.25) is 0 Å². The van der Waals surface area contributed by atoms with Gasteiger partial charge in [-0.1, -0.05) is 0 Å². The number of aldehydes is 1. The first-order chi connectivity index (χ1) is 8.29. The number of fused-ring (bicyclic) bond motifs is 2. The molecule has 4 heteroatoms. The Balaban J connectivity index is 2.10. The molecule has 0 saturated carbocycles. The number of carbonyl (C=O) groups is 1. The smallest absolute Gasteiger partial charge is 0.120 e. The minimum atomic E-state index is 0.352. The normalized spacial score (nSPS) is 14.1. The van der Waals surface area contributed by atoms with Crippen molar-refractivity contribution in [3.8, 4) is 0 Å². The maximum atomic E-state index is 12.0. The molecule has 17 heavy (non-hydrogen) atoms. The van der Waals surface area contributed by atoms with Gasteiger partial charge in [-0.05, 0) is 42.5 Å². The van der Waals surface area contributed by atoms with Gasteiger partial charge in [0.1, 0.15) is 12.1 Å². The third kappa shape index (κ3) is 1.60. The first-order valence-corrected chi connectivity index (χ1v) is 5.94. The van der Waals surface area contributed by atoms with Crippen LogP contribution in [0, 0.1) is 5.21 Å². The lowest BCUT2D eigenvalue weighted by molar-refractivity contribution is -0.107. The van der Waals surface area contributed by atoms with Crippen molar-refractivity contribution in [3.63, 3.8) is 0 Å². The highest BCUT2D eigenvalue weighted by atomic mass is 16.5. The summed E-state index contributed by atoms with van der Waals surface area (Å²) in [6.45, 7) is 0. The van der Waals surface area contributed by atoms with Crippen LogP contribution in [-0.4, -0.2) is 16.0 Å². The van der Waals surface area contributed by atoms with E-state index in [0.717, 1.165) is 29.4 Å². The van der Waals surface area contributed by atoms with Crippen LogP contribution in [0.15, 0.2) is 12.1 Å². The summed E-state index contributed by atoms with van der Waals surface area (Å²) in [7, 11) is 0. The summed E-state index contributed by atoms with van der Waals surface area (Å²) in [5.74, 6) is 0.454. The molecule has 0 radical (unpaired) electrons. The molecule has 1 aliphatic rings. The molecule has 4 nitrogen and oxygen atoms in total. The molecule has 1 aromatic carbocycles. The van der Waals surface area contributed by atoms with Crippen LogP contribution in [0.5, 0.6) is 0 Å². The number of rotatable bonds is 3. The van der Waals surface area contributed by atoms with Gasteiger partial charge in [-0.25, -0.2) is 4.98 Å². The number of aromatic nitrogens is 2. The third-order valence-electron chi connectivity index (χ3n) is 3.38. The molecular weight excluding hydrogens is 216 g/mol. The van der Waals surface area contributed by atoms with Crippen molar-refractivity contribution < 1.29 is 4.79 Å². The predicted molar refractivity (Wildman–Crippen MR) is 64.9 cm³/mol. The van der Waals surface area contributed by atoms with Crippen molar-refractivity contribution in [1.82, 2.24) is 9.71 Å². The van der Waals surface area contributed by atoms with Gasteiger partial charge in [0.15, 0.2) is 0 Å². The SMILES string of the molecule is O=CCCc1nc2cc3c(cc2n1[O-])CCC3. The highest BCUT2D eigenvalue weighted by molar-refractivity contribution is 5.79. The van der Waals surface area contributed by atoms with Crippen LogP contribution in [0.3, 0.4) is 0 Å². The molecule has 0 amide bonds. The Kier molecular flexibility index (Phi) is 2.35. The van der Waals surface area contributed by atoms with Crippen LogP contribution in [-0.2, 0) is 24.1 Å². The minimum absolute atomic E-state index is 0.352. The molecule has 0 fully saturated rings. The number of hydrogen-bond donors (Lipinski definition) is 0. The van der Waals surface area contributed by atoms with E-state index in [1.807, 2.05) is 12.1 Å². The Morgan fingerprint density at radius 3 is 2.88 bits per heavy atom. The average Bonchev–Trinajstić information content (AvgIpc) is 2.89.